The quantitative estimate of drug-likeness (QED) is 0.160. The molecular formula is C35H46N4O4. The second-order valence-electron chi connectivity index (χ2n) is 9.97. The standard InChI is InChI=1S/C34H42N4O4.CH4/c1-9-37(27-11-13-29(35-21-27)25-17-31(39-5)23(3)32(18-25)40-6)15-16-38(10-2)28-12-14-30(36-22-28)26-19-33(41-7)24(4)34(20-26)42-8;/h11-14,17-22H,9-10,15-16H2,1-8H3;1H4. The van der Waals surface area contributed by atoms with Crippen molar-refractivity contribution < 1.29 is 18.9 Å². The normalized spacial score (nSPS) is 10.5. The lowest BCUT2D eigenvalue weighted by Gasteiger charge is -2.29. The Kier molecular flexibility index (Phi) is 11.6. The third kappa shape index (κ3) is 7.31. The maximum Gasteiger partial charge on any atom is 0.126 e. The summed E-state index contributed by atoms with van der Waals surface area (Å²) < 4.78 is 22.2. The summed E-state index contributed by atoms with van der Waals surface area (Å²) in [5.41, 5.74) is 7.77. The third-order valence-electron chi connectivity index (χ3n) is 7.73. The van der Waals surface area contributed by atoms with Gasteiger partial charge in [0, 0.05) is 48.4 Å². The summed E-state index contributed by atoms with van der Waals surface area (Å²) in [7, 11) is 6.68. The van der Waals surface area contributed by atoms with Gasteiger partial charge in [-0.2, -0.15) is 0 Å². The molecule has 0 aliphatic carbocycles. The van der Waals surface area contributed by atoms with Gasteiger partial charge in [-0.15, -0.1) is 0 Å². The van der Waals surface area contributed by atoms with Crippen LogP contribution < -0.4 is 28.7 Å². The van der Waals surface area contributed by atoms with Gasteiger partial charge in [0.25, 0.3) is 0 Å². The Labute approximate surface area is 257 Å². The van der Waals surface area contributed by atoms with Gasteiger partial charge in [0.1, 0.15) is 23.0 Å². The van der Waals surface area contributed by atoms with E-state index < -0.39 is 0 Å². The van der Waals surface area contributed by atoms with Crippen LogP contribution in [0.25, 0.3) is 22.5 Å². The minimum atomic E-state index is 0. The fourth-order valence-corrected chi connectivity index (χ4v) is 5.14. The molecule has 0 radical (unpaired) electrons. The predicted octanol–water partition coefficient (Wildman–Crippen LogP) is 7.45. The van der Waals surface area contributed by atoms with Crippen molar-refractivity contribution in [1.82, 2.24) is 9.97 Å². The first-order valence-corrected chi connectivity index (χ1v) is 14.2. The molecule has 4 rings (SSSR count). The summed E-state index contributed by atoms with van der Waals surface area (Å²) in [6.07, 6.45) is 3.88. The fraction of sp³-hybridized carbons (Fsp3) is 0.371. The van der Waals surface area contributed by atoms with Crippen LogP contribution in [-0.2, 0) is 0 Å². The molecule has 43 heavy (non-hydrogen) atoms. The molecule has 0 aliphatic rings. The molecule has 8 nitrogen and oxygen atoms in total. The Balaban J connectivity index is 0.00000506. The Morgan fingerprint density at radius 3 is 1.12 bits per heavy atom. The molecular weight excluding hydrogens is 540 g/mol. The highest BCUT2D eigenvalue weighted by molar-refractivity contribution is 5.68. The number of pyridine rings is 2. The van der Waals surface area contributed by atoms with E-state index in [1.807, 2.05) is 50.5 Å². The van der Waals surface area contributed by atoms with Crippen molar-refractivity contribution in [3.8, 4) is 45.5 Å². The Morgan fingerprint density at radius 1 is 0.558 bits per heavy atom. The Morgan fingerprint density at radius 2 is 0.884 bits per heavy atom. The molecule has 2 aromatic heterocycles. The van der Waals surface area contributed by atoms with Crippen LogP contribution in [-0.4, -0.2) is 64.6 Å². The molecule has 2 heterocycles. The molecule has 230 valence electrons. The number of likely N-dealkylation sites (N-methyl/N-ethyl adjacent to an activating group) is 2. The van der Waals surface area contributed by atoms with Gasteiger partial charge in [-0.05, 0) is 76.2 Å². The molecule has 0 bridgehead atoms. The fourth-order valence-electron chi connectivity index (χ4n) is 5.14. The van der Waals surface area contributed by atoms with E-state index in [2.05, 4.69) is 47.9 Å². The lowest BCUT2D eigenvalue weighted by molar-refractivity contribution is 0.389. The smallest absolute Gasteiger partial charge is 0.126 e. The van der Waals surface area contributed by atoms with Gasteiger partial charge in [-0.1, -0.05) is 7.43 Å². The predicted molar refractivity (Wildman–Crippen MR) is 178 cm³/mol. The van der Waals surface area contributed by atoms with Gasteiger partial charge in [0.2, 0.25) is 0 Å². The van der Waals surface area contributed by atoms with Crippen LogP contribution in [0.4, 0.5) is 11.4 Å². The third-order valence-corrected chi connectivity index (χ3v) is 7.73. The highest BCUT2D eigenvalue weighted by atomic mass is 16.5. The molecule has 0 N–H and O–H groups in total. The summed E-state index contributed by atoms with van der Waals surface area (Å²) in [5.74, 6) is 3.13. The van der Waals surface area contributed by atoms with Crippen LogP contribution in [0, 0.1) is 13.8 Å². The van der Waals surface area contributed by atoms with Crippen LogP contribution in [0.2, 0.25) is 0 Å². The van der Waals surface area contributed by atoms with Crippen LogP contribution in [0.1, 0.15) is 32.4 Å². The molecule has 2 aromatic carbocycles. The monoisotopic (exact) mass is 586 g/mol. The Hall–Kier alpha value is -4.46. The van der Waals surface area contributed by atoms with E-state index in [1.54, 1.807) is 28.4 Å². The van der Waals surface area contributed by atoms with E-state index in [9.17, 15) is 0 Å². The van der Waals surface area contributed by atoms with Crippen molar-refractivity contribution in [2.45, 2.75) is 35.1 Å². The summed E-state index contributed by atoms with van der Waals surface area (Å²) in [4.78, 5) is 14.2. The molecule has 0 saturated carbocycles. The number of hydrogen-bond donors (Lipinski definition) is 0. The molecule has 0 unspecified atom stereocenters. The first-order valence-electron chi connectivity index (χ1n) is 14.2. The summed E-state index contributed by atoms with van der Waals surface area (Å²) in [6, 6.07) is 16.4. The molecule has 4 aromatic rings. The van der Waals surface area contributed by atoms with E-state index in [0.717, 1.165) is 94.2 Å². The maximum atomic E-state index is 5.55. The van der Waals surface area contributed by atoms with Gasteiger partial charge < -0.3 is 28.7 Å². The average Bonchev–Trinajstić information content (AvgIpc) is 3.03. The van der Waals surface area contributed by atoms with E-state index in [1.165, 1.54) is 0 Å². The number of benzene rings is 2. The zero-order valence-electron chi connectivity index (χ0n) is 26.0. The second-order valence-corrected chi connectivity index (χ2v) is 9.97. The van der Waals surface area contributed by atoms with Crippen molar-refractivity contribution in [2.24, 2.45) is 0 Å². The molecule has 0 amide bonds. The topological polar surface area (TPSA) is 69.2 Å². The van der Waals surface area contributed by atoms with E-state index >= 15 is 0 Å². The van der Waals surface area contributed by atoms with Gasteiger partial charge in [0.05, 0.1) is 63.6 Å². The second kappa shape index (κ2) is 15.1. The lowest BCUT2D eigenvalue weighted by atomic mass is 10.1. The van der Waals surface area contributed by atoms with Crippen LogP contribution >= 0.6 is 0 Å². The van der Waals surface area contributed by atoms with Crippen molar-refractivity contribution in [2.75, 3.05) is 64.4 Å². The number of methoxy groups -OCH3 is 4. The first-order chi connectivity index (χ1) is 20.4. The van der Waals surface area contributed by atoms with Crippen molar-refractivity contribution in [3.63, 3.8) is 0 Å². The van der Waals surface area contributed by atoms with E-state index in [0.29, 0.717) is 0 Å². The molecule has 8 heteroatoms. The van der Waals surface area contributed by atoms with Crippen LogP contribution in [0.15, 0.2) is 60.9 Å². The number of aromatic nitrogens is 2. The summed E-state index contributed by atoms with van der Waals surface area (Å²) in [5, 5.41) is 0. The SMILES string of the molecule is C.CCN(CCN(CC)c1ccc(-c2cc(OC)c(C)c(OC)c2)nc1)c1ccc(-c2cc(OC)c(C)c(OC)c2)nc1. The number of ether oxygens (including phenoxy) is 4. The van der Waals surface area contributed by atoms with E-state index in [-0.39, 0.29) is 7.43 Å². The van der Waals surface area contributed by atoms with Crippen LogP contribution in [0.5, 0.6) is 23.0 Å². The minimum absolute atomic E-state index is 0. The van der Waals surface area contributed by atoms with Gasteiger partial charge in [-0.3, -0.25) is 9.97 Å². The maximum absolute atomic E-state index is 5.55. The van der Waals surface area contributed by atoms with Gasteiger partial charge in [0.15, 0.2) is 0 Å². The van der Waals surface area contributed by atoms with Crippen molar-refractivity contribution in [1.29, 1.82) is 0 Å². The van der Waals surface area contributed by atoms with Crippen LogP contribution in [0.3, 0.4) is 0 Å². The summed E-state index contributed by atoms with van der Waals surface area (Å²) >= 11 is 0. The van der Waals surface area contributed by atoms with E-state index in [4.69, 9.17) is 28.9 Å². The van der Waals surface area contributed by atoms with Crippen molar-refractivity contribution >= 4 is 11.4 Å². The lowest BCUT2D eigenvalue weighted by Crippen LogP contribution is -2.35. The highest BCUT2D eigenvalue weighted by Gasteiger charge is 2.14. The minimum Gasteiger partial charge on any atom is -0.496 e. The molecule has 0 saturated heterocycles. The number of hydrogen-bond acceptors (Lipinski definition) is 8. The summed E-state index contributed by atoms with van der Waals surface area (Å²) in [6.45, 7) is 11.8. The molecule has 0 atom stereocenters. The van der Waals surface area contributed by atoms with Gasteiger partial charge >= 0.3 is 0 Å². The van der Waals surface area contributed by atoms with Crippen molar-refractivity contribution in [3.05, 3.63) is 72.1 Å². The first kappa shape index (κ1) is 33.0. The largest absolute Gasteiger partial charge is 0.496 e. The molecule has 0 aliphatic heterocycles. The molecule has 0 spiro atoms. The number of anilines is 2. The highest BCUT2D eigenvalue weighted by Crippen LogP contribution is 2.35. The zero-order valence-corrected chi connectivity index (χ0v) is 26.0. The molecule has 0 fully saturated rings. The number of nitrogens with zero attached hydrogens (tertiary/aromatic N) is 4. The zero-order chi connectivity index (χ0) is 30.2. The van der Waals surface area contributed by atoms with Gasteiger partial charge in [-0.25, -0.2) is 0 Å². The number of rotatable bonds is 13. The Bertz CT molecular complexity index is 1310. The average molecular weight is 587 g/mol.